The zero-order valence-corrected chi connectivity index (χ0v) is 18.3. The third kappa shape index (κ3) is 4.90. The number of fused-ring (bicyclic) bond motifs is 1. The van der Waals surface area contributed by atoms with Crippen molar-refractivity contribution in [3.8, 4) is 11.4 Å². The summed E-state index contributed by atoms with van der Waals surface area (Å²) in [6, 6.07) is 3.43. The minimum atomic E-state index is -0.360. The van der Waals surface area contributed by atoms with Crippen LogP contribution >= 0.6 is 0 Å². The normalized spacial score (nSPS) is 19.8. The van der Waals surface area contributed by atoms with Gasteiger partial charge in [0.25, 0.3) is 0 Å². The van der Waals surface area contributed by atoms with E-state index in [0.717, 1.165) is 41.9 Å². The number of rotatable bonds is 5. The number of aromatic nitrogens is 3. The Bertz CT molecular complexity index is 964. The molecule has 2 aliphatic rings. The zero-order valence-electron chi connectivity index (χ0n) is 18.3. The third-order valence-corrected chi connectivity index (χ3v) is 6.17. The molecule has 2 aliphatic heterocycles. The highest BCUT2D eigenvalue weighted by Crippen LogP contribution is 2.24. The van der Waals surface area contributed by atoms with E-state index in [0.29, 0.717) is 37.8 Å². The van der Waals surface area contributed by atoms with E-state index in [1.54, 1.807) is 12.4 Å². The third-order valence-electron chi connectivity index (χ3n) is 6.17. The molecule has 8 nitrogen and oxygen atoms in total. The van der Waals surface area contributed by atoms with Crippen molar-refractivity contribution in [1.82, 2.24) is 24.8 Å². The molecule has 8 heteroatoms. The first-order valence-corrected chi connectivity index (χ1v) is 11.0. The van der Waals surface area contributed by atoms with Crippen molar-refractivity contribution < 1.29 is 9.59 Å². The molecule has 0 radical (unpaired) electrons. The summed E-state index contributed by atoms with van der Waals surface area (Å²) in [5, 5.41) is 0. The first-order valence-electron chi connectivity index (χ1n) is 11.0. The quantitative estimate of drug-likeness (QED) is 0.786. The lowest BCUT2D eigenvalue weighted by Crippen LogP contribution is -2.48. The molecular formula is C23H30N6O2. The van der Waals surface area contributed by atoms with Gasteiger partial charge in [-0.15, -0.1) is 0 Å². The van der Waals surface area contributed by atoms with Gasteiger partial charge in [0.2, 0.25) is 11.8 Å². The van der Waals surface area contributed by atoms with Crippen molar-refractivity contribution in [2.45, 2.75) is 52.1 Å². The highest BCUT2D eigenvalue weighted by molar-refractivity contribution is 5.78. The Kier molecular flexibility index (Phi) is 6.27. The summed E-state index contributed by atoms with van der Waals surface area (Å²) in [4.78, 5) is 42.2. The van der Waals surface area contributed by atoms with E-state index >= 15 is 0 Å². The largest absolute Gasteiger partial charge is 0.341 e. The number of carbonyl (C=O) groups excluding carboxylic acids is 2. The topological polar surface area (TPSA) is 105 Å². The van der Waals surface area contributed by atoms with Gasteiger partial charge in [-0.05, 0) is 43.4 Å². The molecule has 0 bridgehead atoms. The molecule has 1 saturated heterocycles. The molecule has 0 aliphatic carbocycles. The maximum absolute atomic E-state index is 12.9. The molecule has 4 heterocycles. The molecule has 1 fully saturated rings. The standard InChI is InChI=1S/C23H30N6O2/c1-15-5-6-21(30)29(12-15)13-18(24)10-22(31)28-9-7-19-16(2)26-23(27-20(19)14-28)17-4-3-8-25-11-17/h3-4,8,11,15,18H,5-7,9-10,12-14,24H2,1-2H3/t15-,18+/m1/s1. The van der Waals surface area contributed by atoms with Gasteiger partial charge in [-0.25, -0.2) is 9.97 Å². The summed E-state index contributed by atoms with van der Waals surface area (Å²) < 4.78 is 0. The Morgan fingerprint density at radius 2 is 2.16 bits per heavy atom. The lowest BCUT2D eigenvalue weighted by molar-refractivity contribution is -0.136. The lowest BCUT2D eigenvalue weighted by atomic mass is 9.98. The van der Waals surface area contributed by atoms with Crippen LogP contribution in [0.25, 0.3) is 11.4 Å². The van der Waals surface area contributed by atoms with E-state index in [4.69, 9.17) is 10.7 Å². The molecule has 31 heavy (non-hydrogen) atoms. The van der Waals surface area contributed by atoms with Crippen molar-refractivity contribution in [1.29, 1.82) is 0 Å². The first-order chi connectivity index (χ1) is 14.9. The van der Waals surface area contributed by atoms with Crippen molar-refractivity contribution in [2.24, 2.45) is 11.7 Å². The fourth-order valence-electron chi connectivity index (χ4n) is 4.43. The van der Waals surface area contributed by atoms with Crippen LogP contribution in [-0.2, 0) is 22.6 Å². The first kappa shape index (κ1) is 21.4. The van der Waals surface area contributed by atoms with E-state index in [9.17, 15) is 9.59 Å². The lowest BCUT2D eigenvalue weighted by Gasteiger charge is -2.34. The number of hydrogen-bond donors (Lipinski definition) is 1. The minimum Gasteiger partial charge on any atom is -0.341 e. The Balaban J connectivity index is 1.41. The number of nitrogens with two attached hydrogens (primary N) is 1. The number of likely N-dealkylation sites (tertiary alicyclic amines) is 1. The van der Waals surface area contributed by atoms with Gasteiger partial charge >= 0.3 is 0 Å². The minimum absolute atomic E-state index is 0.00912. The van der Waals surface area contributed by atoms with Crippen LogP contribution in [-0.4, -0.2) is 62.2 Å². The van der Waals surface area contributed by atoms with Crippen molar-refractivity contribution >= 4 is 11.8 Å². The summed E-state index contributed by atoms with van der Waals surface area (Å²) in [5.41, 5.74) is 10.1. The average molecular weight is 423 g/mol. The molecule has 0 unspecified atom stereocenters. The van der Waals surface area contributed by atoms with Crippen LogP contribution in [0.5, 0.6) is 0 Å². The molecule has 0 saturated carbocycles. The van der Waals surface area contributed by atoms with Crippen LogP contribution in [0.3, 0.4) is 0 Å². The molecule has 2 aromatic heterocycles. The van der Waals surface area contributed by atoms with Gasteiger partial charge in [0.1, 0.15) is 0 Å². The Hall–Kier alpha value is -2.87. The number of carbonyl (C=O) groups is 2. The Morgan fingerprint density at radius 3 is 2.94 bits per heavy atom. The van der Waals surface area contributed by atoms with E-state index in [1.807, 2.05) is 28.9 Å². The summed E-state index contributed by atoms with van der Waals surface area (Å²) in [6.07, 6.45) is 5.93. The molecule has 2 amide bonds. The highest BCUT2D eigenvalue weighted by Gasteiger charge is 2.28. The smallest absolute Gasteiger partial charge is 0.224 e. The molecular weight excluding hydrogens is 392 g/mol. The summed E-state index contributed by atoms with van der Waals surface area (Å²) in [7, 11) is 0. The van der Waals surface area contributed by atoms with Crippen LogP contribution in [0.1, 0.15) is 43.1 Å². The van der Waals surface area contributed by atoms with Crippen LogP contribution in [0.2, 0.25) is 0 Å². The number of amides is 2. The fraction of sp³-hybridized carbons (Fsp3) is 0.522. The fourth-order valence-corrected chi connectivity index (χ4v) is 4.43. The number of nitrogens with zero attached hydrogens (tertiary/aromatic N) is 5. The maximum atomic E-state index is 12.9. The zero-order chi connectivity index (χ0) is 22.0. The van der Waals surface area contributed by atoms with Crippen LogP contribution in [0.4, 0.5) is 0 Å². The second-order valence-electron chi connectivity index (χ2n) is 8.77. The van der Waals surface area contributed by atoms with Crippen LogP contribution < -0.4 is 5.73 Å². The van der Waals surface area contributed by atoms with Crippen molar-refractivity contribution in [3.05, 3.63) is 41.5 Å². The summed E-state index contributed by atoms with van der Waals surface area (Å²) >= 11 is 0. The predicted molar refractivity (Wildman–Crippen MR) is 117 cm³/mol. The van der Waals surface area contributed by atoms with Gasteiger partial charge in [-0.1, -0.05) is 6.92 Å². The van der Waals surface area contributed by atoms with Gasteiger partial charge in [-0.3, -0.25) is 14.6 Å². The van der Waals surface area contributed by atoms with E-state index in [-0.39, 0.29) is 24.3 Å². The molecule has 4 rings (SSSR count). The Morgan fingerprint density at radius 1 is 1.32 bits per heavy atom. The second kappa shape index (κ2) is 9.09. The molecule has 164 valence electrons. The monoisotopic (exact) mass is 422 g/mol. The molecule has 2 N–H and O–H groups in total. The SMILES string of the molecule is Cc1nc(-c2cccnc2)nc2c1CCN(C(=O)C[C@H](N)CN1C[C@H](C)CCC1=O)C2. The second-order valence-corrected chi connectivity index (χ2v) is 8.77. The maximum Gasteiger partial charge on any atom is 0.224 e. The van der Waals surface area contributed by atoms with Crippen LogP contribution in [0, 0.1) is 12.8 Å². The molecule has 2 aromatic rings. The van der Waals surface area contributed by atoms with E-state index < -0.39 is 0 Å². The highest BCUT2D eigenvalue weighted by atomic mass is 16.2. The number of hydrogen-bond acceptors (Lipinski definition) is 6. The molecule has 2 atom stereocenters. The van der Waals surface area contributed by atoms with Gasteiger partial charge in [-0.2, -0.15) is 0 Å². The summed E-state index contributed by atoms with van der Waals surface area (Å²) in [6.45, 7) is 6.39. The molecule has 0 spiro atoms. The van der Waals surface area contributed by atoms with Gasteiger partial charge in [0.15, 0.2) is 5.82 Å². The Labute approximate surface area is 182 Å². The molecule has 0 aromatic carbocycles. The number of aryl methyl sites for hydroxylation is 1. The van der Waals surface area contributed by atoms with E-state index in [2.05, 4.69) is 16.9 Å². The van der Waals surface area contributed by atoms with Crippen molar-refractivity contribution in [2.75, 3.05) is 19.6 Å². The predicted octanol–water partition coefficient (Wildman–Crippen LogP) is 1.71. The van der Waals surface area contributed by atoms with Crippen molar-refractivity contribution in [3.63, 3.8) is 0 Å². The summed E-state index contributed by atoms with van der Waals surface area (Å²) in [5.74, 6) is 1.27. The van der Waals surface area contributed by atoms with Crippen LogP contribution in [0.15, 0.2) is 24.5 Å². The van der Waals surface area contributed by atoms with E-state index in [1.165, 1.54) is 0 Å². The number of pyridine rings is 1. The van der Waals surface area contributed by atoms with Gasteiger partial charge in [0.05, 0.1) is 12.2 Å². The average Bonchev–Trinajstić information content (AvgIpc) is 2.76. The van der Waals surface area contributed by atoms with Gasteiger partial charge < -0.3 is 15.5 Å². The number of piperidine rings is 1. The van der Waals surface area contributed by atoms with Gasteiger partial charge in [0, 0.05) is 62.2 Å².